The van der Waals surface area contributed by atoms with Gasteiger partial charge in [0, 0.05) is 0 Å². The summed E-state index contributed by atoms with van der Waals surface area (Å²) in [6.07, 6.45) is -0.592. The van der Waals surface area contributed by atoms with Gasteiger partial charge in [-0.05, 0) is 23.0 Å². The zero-order chi connectivity index (χ0) is 10.6. The van der Waals surface area contributed by atoms with Gasteiger partial charge in [-0.3, -0.25) is 0 Å². The molecule has 0 rings (SSSR count). The van der Waals surface area contributed by atoms with E-state index >= 15 is 0 Å². The van der Waals surface area contributed by atoms with Crippen LogP contribution in [0.15, 0.2) is 0 Å². The lowest BCUT2D eigenvalue weighted by atomic mass is 9.83. The van der Waals surface area contributed by atoms with Crippen LogP contribution in [0.4, 0.5) is 0 Å². The predicted molar refractivity (Wildman–Crippen MR) is 46.4 cm³/mol. The van der Waals surface area contributed by atoms with Gasteiger partial charge < -0.3 is 5.11 Å². The van der Waals surface area contributed by atoms with Crippen molar-refractivity contribution in [1.29, 1.82) is 0 Å². The minimum absolute atomic E-state index is 0.00560. The van der Waals surface area contributed by atoms with E-state index in [0.717, 1.165) is 0 Å². The standard InChI is InChI=1S/C9H17O4/c1-6(5-9(2,3)4)7(13-12)8(10)11/h6-7H,5H2,1-4H3,(H,10,11). The van der Waals surface area contributed by atoms with Crippen molar-refractivity contribution in [3.8, 4) is 0 Å². The molecule has 0 aliphatic carbocycles. The Bertz CT molecular complexity index is 171. The first-order valence-corrected chi connectivity index (χ1v) is 4.29. The number of hydrogen-bond donors (Lipinski definition) is 1. The molecule has 77 valence electrons. The molecule has 1 radical (unpaired) electrons. The van der Waals surface area contributed by atoms with Gasteiger partial charge >= 0.3 is 5.97 Å². The fourth-order valence-corrected chi connectivity index (χ4v) is 1.45. The number of rotatable bonds is 4. The Hall–Kier alpha value is -0.610. The maximum absolute atomic E-state index is 10.5. The molecule has 0 saturated heterocycles. The van der Waals surface area contributed by atoms with Gasteiger partial charge in [0.2, 0.25) is 0 Å². The van der Waals surface area contributed by atoms with Crippen molar-refractivity contribution in [3.05, 3.63) is 0 Å². The van der Waals surface area contributed by atoms with Crippen LogP contribution in [-0.4, -0.2) is 17.2 Å². The third-order valence-corrected chi connectivity index (χ3v) is 1.80. The first kappa shape index (κ1) is 12.4. The smallest absolute Gasteiger partial charge is 0.336 e. The van der Waals surface area contributed by atoms with Crippen molar-refractivity contribution < 1.29 is 20.0 Å². The second kappa shape index (κ2) is 4.58. The Labute approximate surface area is 78.5 Å². The summed E-state index contributed by atoms with van der Waals surface area (Å²) in [7, 11) is 0. The van der Waals surface area contributed by atoms with Crippen LogP contribution in [0.5, 0.6) is 0 Å². The molecule has 0 aromatic heterocycles. The molecule has 0 aromatic carbocycles. The molecule has 0 aromatic rings. The second-order valence-electron chi connectivity index (χ2n) is 4.60. The maximum Gasteiger partial charge on any atom is 0.336 e. The average molecular weight is 189 g/mol. The minimum Gasteiger partial charge on any atom is -0.479 e. The van der Waals surface area contributed by atoms with Crippen LogP contribution in [0.3, 0.4) is 0 Å². The van der Waals surface area contributed by atoms with Crippen molar-refractivity contribution in [3.63, 3.8) is 0 Å². The molecule has 0 aliphatic rings. The Balaban J connectivity index is 4.22. The average Bonchev–Trinajstić information content (AvgIpc) is 1.82. The summed E-state index contributed by atoms with van der Waals surface area (Å²) in [5, 5.41) is 18.7. The van der Waals surface area contributed by atoms with Crippen LogP contribution in [-0.2, 0) is 14.9 Å². The van der Waals surface area contributed by atoms with Gasteiger partial charge in [-0.1, -0.05) is 27.7 Å². The van der Waals surface area contributed by atoms with Gasteiger partial charge in [-0.15, -0.1) is 0 Å². The lowest BCUT2D eigenvalue weighted by Gasteiger charge is -2.25. The summed E-state index contributed by atoms with van der Waals surface area (Å²) in [5.74, 6) is -1.46. The van der Waals surface area contributed by atoms with E-state index in [4.69, 9.17) is 5.11 Å². The molecule has 2 atom stereocenters. The van der Waals surface area contributed by atoms with Crippen LogP contribution in [0, 0.1) is 11.3 Å². The van der Waals surface area contributed by atoms with Crippen LogP contribution in [0.2, 0.25) is 0 Å². The van der Waals surface area contributed by atoms with Gasteiger partial charge in [-0.25, -0.2) is 4.79 Å². The maximum atomic E-state index is 10.5. The van der Waals surface area contributed by atoms with Crippen LogP contribution in [0.25, 0.3) is 0 Å². The number of aliphatic carboxylic acids is 1. The van der Waals surface area contributed by atoms with Gasteiger partial charge in [0.25, 0.3) is 0 Å². The molecular formula is C9H17O4. The van der Waals surface area contributed by atoms with Gasteiger partial charge in [0.15, 0.2) is 6.10 Å². The van der Waals surface area contributed by atoms with E-state index in [1.165, 1.54) is 0 Å². The summed E-state index contributed by atoms with van der Waals surface area (Å²) < 4.78 is 0. The lowest BCUT2D eigenvalue weighted by Crippen LogP contribution is -2.31. The Morgan fingerprint density at radius 1 is 1.46 bits per heavy atom. The quantitative estimate of drug-likeness (QED) is 0.542. The fourth-order valence-electron chi connectivity index (χ4n) is 1.45. The molecule has 0 heterocycles. The molecule has 4 heteroatoms. The van der Waals surface area contributed by atoms with Gasteiger partial charge in [0.05, 0.1) is 0 Å². The van der Waals surface area contributed by atoms with E-state index in [2.05, 4.69) is 4.89 Å². The minimum atomic E-state index is -1.24. The molecule has 1 N–H and O–H groups in total. The van der Waals surface area contributed by atoms with E-state index < -0.39 is 12.1 Å². The van der Waals surface area contributed by atoms with Crippen molar-refractivity contribution in [1.82, 2.24) is 0 Å². The number of hydrogen-bond acceptors (Lipinski definition) is 2. The van der Waals surface area contributed by atoms with Crippen molar-refractivity contribution in [2.75, 3.05) is 0 Å². The Morgan fingerprint density at radius 3 is 2.15 bits per heavy atom. The monoisotopic (exact) mass is 189 g/mol. The van der Waals surface area contributed by atoms with Gasteiger partial charge in [0.1, 0.15) is 0 Å². The number of carboxylic acid groups (broad SMARTS) is 1. The van der Waals surface area contributed by atoms with Crippen molar-refractivity contribution in [2.45, 2.75) is 40.2 Å². The van der Waals surface area contributed by atoms with Crippen molar-refractivity contribution >= 4 is 5.97 Å². The molecule has 0 amide bonds. The Morgan fingerprint density at radius 2 is 1.92 bits per heavy atom. The lowest BCUT2D eigenvalue weighted by molar-refractivity contribution is -0.338. The van der Waals surface area contributed by atoms with E-state index in [0.29, 0.717) is 6.42 Å². The van der Waals surface area contributed by atoms with E-state index in [-0.39, 0.29) is 11.3 Å². The number of carboxylic acids is 1. The van der Waals surface area contributed by atoms with Gasteiger partial charge in [-0.2, -0.15) is 4.89 Å². The first-order chi connectivity index (χ1) is 5.78. The third-order valence-electron chi connectivity index (χ3n) is 1.80. The summed E-state index contributed by atoms with van der Waals surface area (Å²) in [6, 6.07) is 0. The molecule has 0 aliphatic heterocycles. The highest BCUT2D eigenvalue weighted by Crippen LogP contribution is 2.26. The van der Waals surface area contributed by atoms with E-state index in [1.807, 2.05) is 20.8 Å². The molecule has 0 fully saturated rings. The van der Waals surface area contributed by atoms with Crippen LogP contribution >= 0.6 is 0 Å². The van der Waals surface area contributed by atoms with E-state index in [1.54, 1.807) is 6.92 Å². The molecule has 4 nitrogen and oxygen atoms in total. The molecule has 0 saturated carbocycles. The molecule has 2 unspecified atom stereocenters. The van der Waals surface area contributed by atoms with E-state index in [9.17, 15) is 10.1 Å². The fraction of sp³-hybridized carbons (Fsp3) is 0.889. The highest BCUT2D eigenvalue weighted by molar-refractivity contribution is 5.72. The molecular weight excluding hydrogens is 172 g/mol. The zero-order valence-electron chi connectivity index (χ0n) is 8.53. The zero-order valence-corrected chi connectivity index (χ0v) is 8.53. The Kier molecular flexibility index (Phi) is 4.36. The normalized spacial score (nSPS) is 16.7. The molecule has 0 spiro atoms. The highest BCUT2D eigenvalue weighted by Gasteiger charge is 2.29. The summed E-state index contributed by atoms with van der Waals surface area (Å²) in [5.41, 5.74) is 0.00560. The highest BCUT2D eigenvalue weighted by atomic mass is 17.1. The van der Waals surface area contributed by atoms with Crippen LogP contribution in [0.1, 0.15) is 34.1 Å². The SMILES string of the molecule is CC(CC(C)(C)C)C(O[O])C(=O)O. The molecule has 0 bridgehead atoms. The topological polar surface area (TPSA) is 66.4 Å². The first-order valence-electron chi connectivity index (χ1n) is 4.29. The summed E-state index contributed by atoms with van der Waals surface area (Å²) in [4.78, 5) is 14.2. The molecule has 13 heavy (non-hydrogen) atoms. The summed E-state index contributed by atoms with van der Waals surface area (Å²) in [6.45, 7) is 7.69. The second-order valence-corrected chi connectivity index (χ2v) is 4.60. The largest absolute Gasteiger partial charge is 0.479 e. The predicted octanol–water partition coefficient (Wildman–Crippen LogP) is 1.87. The van der Waals surface area contributed by atoms with Crippen molar-refractivity contribution in [2.24, 2.45) is 11.3 Å². The third kappa shape index (κ3) is 4.85. The number of carbonyl (C=O) groups is 1. The summed E-state index contributed by atoms with van der Waals surface area (Å²) >= 11 is 0. The van der Waals surface area contributed by atoms with Crippen LogP contribution < -0.4 is 0 Å².